The van der Waals surface area contributed by atoms with Crippen molar-refractivity contribution in [1.29, 1.82) is 0 Å². The Morgan fingerprint density at radius 3 is 2.48 bits per heavy atom. The fourth-order valence-electron chi connectivity index (χ4n) is 3.04. The first-order valence-electron chi connectivity index (χ1n) is 8.33. The van der Waals surface area contributed by atoms with E-state index in [2.05, 4.69) is 35.5 Å². The molecule has 1 heterocycles. The maximum Gasteiger partial charge on any atom is 0.0879 e. The Labute approximate surface area is 151 Å². The van der Waals surface area contributed by atoms with Gasteiger partial charge in [0.1, 0.15) is 0 Å². The van der Waals surface area contributed by atoms with Crippen LogP contribution in [0.3, 0.4) is 0 Å². The summed E-state index contributed by atoms with van der Waals surface area (Å²) >= 11 is 6.08. The minimum absolute atomic E-state index is 0.245. The van der Waals surface area contributed by atoms with Crippen molar-refractivity contribution in [3.8, 4) is 17.1 Å². The molecule has 1 aliphatic heterocycles. The molecule has 0 spiro atoms. The lowest BCUT2D eigenvalue weighted by Crippen LogP contribution is -2.12. The maximum absolute atomic E-state index is 6.08. The molecule has 124 valence electrons. The zero-order chi connectivity index (χ0) is 17.4. The number of nitrogens with zero attached hydrogens (tertiary/aromatic N) is 3. The molecule has 0 bridgehead atoms. The highest BCUT2D eigenvalue weighted by molar-refractivity contribution is 6.30. The van der Waals surface area contributed by atoms with Gasteiger partial charge in [0, 0.05) is 16.8 Å². The highest BCUT2D eigenvalue weighted by atomic mass is 35.5. The van der Waals surface area contributed by atoms with Crippen LogP contribution in [0, 0.1) is 0 Å². The molecule has 0 unspecified atom stereocenters. The third-order valence-electron chi connectivity index (χ3n) is 4.06. The molecule has 4 rings (SSSR count). The van der Waals surface area contributed by atoms with Gasteiger partial charge in [-0.3, -0.25) is 4.99 Å². The lowest BCUT2D eigenvalue weighted by atomic mass is 10.1. The Kier molecular flexibility index (Phi) is 4.02. The number of halogens is 1. The molecule has 0 atom stereocenters. The molecule has 4 heteroatoms. The second-order valence-corrected chi connectivity index (χ2v) is 6.74. The average Bonchev–Trinajstić information content (AvgIpc) is 2.60. The standard InChI is InChI=1S/C21H18ClN3/c1-14(2)23-16-9-12-19-21(13-16)25(17-10-7-15(22)8-11-17)20-6-4-3-5-18(20)24-19/h3-14H,1-2H3. The maximum atomic E-state index is 6.08. The number of benzene rings is 3. The summed E-state index contributed by atoms with van der Waals surface area (Å²) in [7, 11) is 0. The minimum Gasteiger partial charge on any atom is -0.306 e. The SMILES string of the molecule is CC(C)N=c1ccc2nc3ccccc3n(-c3ccc(Cl)cc3)c-2c1. The molecule has 25 heavy (non-hydrogen) atoms. The molecular weight excluding hydrogens is 330 g/mol. The van der Waals surface area contributed by atoms with Crippen LogP contribution >= 0.6 is 11.6 Å². The first kappa shape index (κ1) is 15.9. The van der Waals surface area contributed by atoms with E-state index >= 15 is 0 Å². The number of para-hydroxylation sites is 2. The van der Waals surface area contributed by atoms with E-state index < -0.39 is 0 Å². The Morgan fingerprint density at radius 1 is 0.960 bits per heavy atom. The number of fused-ring (bicyclic) bond motifs is 2. The summed E-state index contributed by atoms with van der Waals surface area (Å²) < 4.78 is 2.22. The van der Waals surface area contributed by atoms with Gasteiger partial charge in [-0.05, 0) is 68.4 Å². The van der Waals surface area contributed by atoms with Gasteiger partial charge in [0.2, 0.25) is 0 Å². The first-order valence-corrected chi connectivity index (χ1v) is 8.71. The Hall–Kier alpha value is -2.65. The van der Waals surface area contributed by atoms with Crippen molar-refractivity contribution in [1.82, 2.24) is 9.55 Å². The van der Waals surface area contributed by atoms with Gasteiger partial charge in [-0.1, -0.05) is 23.7 Å². The van der Waals surface area contributed by atoms with Crippen molar-refractivity contribution < 1.29 is 0 Å². The van der Waals surface area contributed by atoms with Gasteiger partial charge in [-0.15, -0.1) is 0 Å². The minimum atomic E-state index is 0.245. The van der Waals surface area contributed by atoms with Gasteiger partial charge in [0.25, 0.3) is 0 Å². The summed E-state index contributed by atoms with van der Waals surface area (Å²) in [5.41, 5.74) is 5.03. The molecule has 0 saturated heterocycles. The van der Waals surface area contributed by atoms with Crippen molar-refractivity contribution in [2.75, 3.05) is 0 Å². The smallest absolute Gasteiger partial charge is 0.0879 e. The molecule has 1 aliphatic carbocycles. The summed E-state index contributed by atoms with van der Waals surface area (Å²) in [6.45, 7) is 4.16. The molecule has 0 amide bonds. The number of hydrogen-bond donors (Lipinski definition) is 0. The topological polar surface area (TPSA) is 30.2 Å². The van der Waals surface area contributed by atoms with E-state index in [1.165, 1.54) is 0 Å². The van der Waals surface area contributed by atoms with Crippen LogP contribution in [0.4, 0.5) is 0 Å². The van der Waals surface area contributed by atoms with E-state index in [4.69, 9.17) is 16.6 Å². The summed E-state index contributed by atoms with van der Waals surface area (Å²) in [4.78, 5) is 9.49. The normalized spacial score (nSPS) is 12.4. The largest absolute Gasteiger partial charge is 0.306 e. The van der Waals surface area contributed by atoms with Crippen LogP contribution in [-0.2, 0) is 0 Å². The monoisotopic (exact) mass is 347 g/mol. The Bertz CT molecular complexity index is 1080. The molecule has 0 N–H and O–H groups in total. The van der Waals surface area contributed by atoms with Crippen LogP contribution < -0.4 is 5.36 Å². The molecule has 0 aromatic heterocycles. The fraction of sp³-hybridized carbons (Fsp3) is 0.143. The average molecular weight is 348 g/mol. The summed E-state index contributed by atoms with van der Waals surface area (Å²) in [5, 5.41) is 1.69. The number of aromatic nitrogens is 2. The molecule has 0 fully saturated rings. The highest BCUT2D eigenvalue weighted by Crippen LogP contribution is 2.28. The van der Waals surface area contributed by atoms with Crippen LogP contribution in [0.1, 0.15) is 13.8 Å². The van der Waals surface area contributed by atoms with E-state index in [-0.39, 0.29) is 6.04 Å². The number of rotatable bonds is 2. The van der Waals surface area contributed by atoms with Gasteiger partial charge in [-0.2, -0.15) is 0 Å². The van der Waals surface area contributed by atoms with E-state index in [9.17, 15) is 0 Å². The second kappa shape index (κ2) is 6.34. The van der Waals surface area contributed by atoms with Crippen molar-refractivity contribution in [3.63, 3.8) is 0 Å². The van der Waals surface area contributed by atoms with Crippen molar-refractivity contribution >= 4 is 22.6 Å². The third-order valence-corrected chi connectivity index (χ3v) is 4.31. The van der Waals surface area contributed by atoms with Crippen LogP contribution in [-0.4, -0.2) is 15.6 Å². The van der Waals surface area contributed by atoms with E-state index in [0.29, 0.717) is 0 Å². The van der Waals surface area contributed by atoms with Crippen LogP contribution in [0.15, 0.2) is 71.7 Å². The molecule has 2 aliphatic rings. The summed E-state index contributed by atoms with van der Waals surface area (Å²) in [6, 6.07) is 22.4. The van der Waals surface area contributed by atoms with Crippen molar-refractivity contribution in [2.24, 2.45) is 4.99 Å². The van der Waals surface area contributed by atoms with Gasteiger partial charge in [0.05, 0.1) is 27.8 Å². The Balaban J connectivity index is 2.12. The highest BCUT2D eigenvalue weighted by Gasteiger charge is 2.13. The third kappa shape index (κ3) is 3.03. The number of hydrogen-bond acceptors (Lipinski definition) is 2. The predicted octanol–water partition coefficient (Wildman–Crippen LogP) is 5.09. The van der Waals surface area contributed by atoms with Gasteiger partial charge < -0.3 is 4.57 Å². The fourth-order valence-corrected chi connectivity index (χ4v) is 3.17. The lowest BCUT2D eigenvalue weighted by molar-refractivity contribution is 0.805. The molecule has 3 nitrogen and oxygen atoms in total. The van der Waals surface area contributed by atoms with Crippen molar-refractivity contribution in [3.05, 3.63) is 77.1 Å². The van der Waals surface area contributed by atoms with E-state index in [1.54, 1.807) is 0 Å². The molecule has 2 aromatic rings. The van der Waals surface area contributed by atoms with E-state index in [0.717, 1.165) is 38.5 Å². The zero-order valence-electron chi connectivity index (χ0n) is 14.1. The summed E-state index contributed by atoms with van der Waals surface area (Å²) in [6.07, 6.45) is 0. The van der Waals surface area contributed by atoms with Gasteiger partial charge >= 0.3 is 0 Å². The van der Waals surface area contributed by atoms with Gasteiger partial charge in [0.15, 0.2) is 0 Å². The Morgan fingerprint density at radius 2 is 1.72 bits per heavy atom. The summed E-state index contributed by atoms with van der Waals surface area (Å²) in [5.74, 6) is 0. The second-order valence-electron chi connectivity index (χ2n) is 6.31. The molecule has 0 radical (unpaired) electrons. The van der Waals surface area contributed by atoms with Crippen LogP contribution in [0.5, 0.6) is 0 Å². The molecular formula is C21H18ClN3. The van der Waals surface area contributed by atoms with Crippen molar-refractivity contribution in [2.45, 2.75) is 19.9 Å². The van der Waals surface area contributed by atoms with Gasteiger partial charge in [-0.25, -0.2) is 4.98 Å². The molecule has 2 aromatic carbocycles. The quantitative estimate of drug-likeness (QED) is 0.464. The van der Waals surface area contributed by atoms with Crippen LogP contribution in [0.2, 0.25) is 5.02 Å². The predicted molar refractivity (Wildman–Crippen MR) is 103 cm³/mol. The first-order chi connectivity index (χ1) is 12.1. The van der Waals surface area contributed by atoms with Crippen LogP contribution in [0.25, 0.3) is 28.1 Å². The zero-order valence-corrected chi connectivity index (χ0v) is 14.9. The lowest BCUT2D eigenvalue weighted by Gasteiger charge is -2.18. The molecule has 0 saturated carbocycles. The van der Waals surface area contributed by atoms with E-state index in [1.807, 2.05) is 54.6 Å².